The van der Waals surface area contributed by atoms with E-state index >= 15 is 0 Å². The van der Waals surface area contributed by atoms with E-state index in [4.69, 9.17) is 19.3 Å². The van der Waals surface area contributed by atoms with Crippen LogP contribution in [0.3, 0.4) is 0 Å². The molecule has 0 aliphatic rings. The summed E-state index contributed by atoms with van der Waals surface area (Å²) >= 11 is 0. The maximum absolute atomic E-state index is 11.5. The second-order valence-corrected chi connectivity index (χ2v) is 3.52. The molecule has 1 aromatic carbocycles. The van der Waals surface area contributed by atoms with Crippen LogP contribution in [0.4, 0.5) is 10.5 Å². The van der Waals surface area contributed by atoms with Gasteiger partial charge in [0.1, 0.15) is 0 Å². The Balaban J connectivity index is 2.93. The van der Waals surface area contributed by atoms with Gasteiger partial charge in [-0.1, -0.05) is 0 Å². The van der Waals surface area contributed by atoms with Gasteiger partial charge in [0.2, 0.25) is 5.75 Å². The number of urea groups is 1. The van der Waals surface area contributed by atoms with Gasteiger partial charge in [0, 0.05) is 18.7 Å². The van der Waals surface area contributed by atoms with Gasteiger partial charge in [0.25, 0.3) is 0 Å². The Morgan fingerprint density at radius 3 is 2.16 bits per heavy atom. The number of aliphatic hydroxyl groups is 1. The standard InChI is InChI=1S/C12H18N2O5/c1-17-9-6-8(14-12(16)13-4-5-15)7-10(18-2)11(9)19-3/h6-7,15H,4-5H2,1-3H3,(H2,13,14,16). The van der Waals surface area contributed by atoms with E-state index in [9.17, 15) is 4.79 Å². The highest BCUT2D eigenvalue weighted by atomic mass is 16.5. The molecule has 7 heteroatoms. The number of nitrogens with one attached hydrogen (secondary N) is 2. The number of benzene rings is 1. The number of hydrogen-bond acceptors (Lipinski definition) is 5. The zero-order chi connectivity index (χ0) is 14.3. The lowest BCUT2D eigenvalue weighted by atomic mass is 10.2. The third kappa shape index (κ3) is 3.92. The van der Waals surface area contributed by atoms with Crippen LogP contribution in [0.15, 0.2) is 12.1 Å². The second kappa shape index (κ2) is 7.32. The van der Waals surface area contributed by atoms with E-state index in [1.165, 1.54) is 21.3 Å². The molecule has 106 valence electrons. The number of amides is 2. The van der Waals surface area contributed by atoms with Gasteiger partial charge in [-0.15, -0.1) is 0 Å². The Hall–Kier alpha value is -2.15. The number of rotatable bonds is 6. The molecular formula is C12H18N2O5. The van der Waals surface area contributed by atoms with E-state index in [0.29, 0.717) is 22.9 Å². The van der Waals surface area contributed by atoms with Crippen LogP contribution >= 0.6 is 0 Å². The molecule has 3 N–H and O–H groups in total. The van der Waals surface area contributed by atoms with Gasteiger partial charge >= 0.3 is 6.03 Å². The van der Waals surface area contributed by atoms with Crippen LogP contribution in [-0.4, -0.2) is 45.6 Å². The van der Waals surface area contributed by atoms with Crippen LogP contribution in [0.1, 0.15) is 0 Å². The number of hydrogen-bond donors (Lipinski definition) is 3. The Kier molecular flexibility index (Phi) is 5.74. The molecule has 0 fully saturated rings. The molecule has 0 heterocycles. The molecule has 0 aromatic heterocycles. The van der Waals surface area contributed by atoms with E-state index in [0.717, 1.165) is 0 Å². The zero-order valence-electron chi connectivity index (χ0n) is 11.1. The highest BCUT2D eigenvalue weighted by molar-refractivity contribution is 5.90. The molecule has 0 aliphatic heterocycles. The maximum atomic E-state index is 11.5. The van der Waals surface area contributed by atoms with Crippen LogP contribution in [-0.2, 0) is 0 Å². The van der Waals surface area contributed by atoms with E-state index in [1.807, 2.05) is 0 Å². The quantitative estimate of drug-likeness (QED) is 0.712. The molecule has 2 amide bonds. The van der Waals surface area contributed by atoms with Crippen molar-refractivity contribution < 1.29 is 24.1 Å². The van der Waals surface area contributed by atoms with Crippen molar-refractivity contribution in [2.75, 3.05) is 39.8 Å². The summed E-state index contributed by atoms with van der Waals surface area (Å²) in [6.07, 6.45) is 0. The van der Waals surface area contributed by atoms with Crippen molar-refractivity contribution in [3.05, 3.63) is 12.1 Å². The predicted molar refractivity (Wildman–Crippen MR) is 70.2 cm³/mol. The second-order valence-electron chi connectivity index (χ2n) is 3.52. The maximum Gasteiger partial charge on any atom is 0.319 e. The molecule has 0 unspecified atom stereocenters. The lowest BCUT2D eigenvalue weighted by Gasteiger charge is -2.14. The van der Waals surface area contributed by atoms with Gasteiger partial charge in [-0.3, -0.25) is 0 Å². The normalized spacial score (nSPS) is 9.68. The van der Waals surface area contributed by atoms with Crippen molar-refractivity contribution in [3.8, 4) is 17.2 Å². The van der Waals surface area contributed by atoms with Gasteiger partial charge in [-0.05, 0) is 0 Å². The lowest BCUT2D eigenvalue weighted by Crippen LogP contribution is -2.30. The van der Waals surface area contributed by atoms with Crippen LogP contribution < -0.4 is 24.8 Å². The highest BCUT2D eigenvalue weighted by Gasteiger charge is 2.14. The van der Waals surface area contributed by atoms with E-state index in [-0.39, 0.29) is 13.2 Å². The number of carbonyl (C=O) groups is 1. The molecule has 0 bridgehead atoms. The largest absolute Gasteiger partial charge is 0.493 e. The SMILES string of the molecule is COc1cc(NC(=O)NCCO)cc(OC)c1OC. The average molecular weight is 270 g/mol. The van der Waals surface area contributed by atoms with E-state index < -0.39 is 6.03 Å². The highest BCUT2D eigenvalue weighted by Crippen LogP contribution is 2.39. The first-order chi connectivity index (χ1) is 9.15. The number of anilines is 1. The first-order valence-corrected chi connectivity index (χ1v) is 5.62. The van der Waals surface area contributed by atoms with Crippen molar-refractivity contribution in [2.24, 2.45) is 0 Å². The van der Waals surface area contributed by atoms with Gasteiger partial charge in [-0.25, -0.2) is 4.79 Å². The molecule has 0 atom stereocenters. The van der Waals surface area contributed by atoms with Crippen LogP contribution in [0.5, 0.6) is 17.2 Å². The molecular weight excluding hydrogens is 252 g/mol. The minimum Gasteiger partial charge on any atom is -0.493 e. The third-order valence-corrected chi connectivity index (χ3v) is 2.32. The molecule has 0 aliphatic carbocycles. The van der Waals surface area contributed by atoms with Crippen molar-refractivity contribution in [1.29, 1.82) is 0 Å². The molecule has 19 heavy (non-hydrogen) atoms. The van der Waals surface area contributed by atoms with Gasteiger partial charge in [0.15, 0.2) is 11.5 Å². The first kappa shape index (κ1) is 14.9. The zero-order valence-corrected chi connectivity index (χ0v) is 11.1. The minimum absolute atomic E-state index is 0.122. The first-order valence-electron chi connectivity index (χ1n) is 5.62. The van der Waals surface area contributed by atoms with Crippen LogP contribution in [0.25, 0.3) is 0 Å². The third-order valence-electron chi connectivity index (χ3n) is 2.32. The van der Waals surface area contributed by atoms with Crippen molar-refractivity contribution in [3.63, 3.8) is 0 Å². The Bertz CT molecular complexity index is 411. The van der Waals surface area contributed by atoms with Crippen molar-refractivity contribution >= 4 is 11.7 Å². The molecule has 1 aromatic rings. The average Bonchev–Trinajstić information content (AvgIpc) is 2.43. The summed E-state index contributed by atoms with van der Waals surface area (Å²) in [5, 5.41) is 13.7. The number of aliphatic hydroxyl groups excluding tert-OH is 1. The van der Waals surface area contributed by atoms with Crippen molar-refractivity contribution in [1.82, 2.24) is 5.32 Å². The van der Waals surface area contributed by atoms with E-state index in [1.54, 1.807) is 12.1 Å². The number of carbonyl (C=O) groups excluding carboxylic acids is 1. The molecule has 0 radical (unpaired) electrons. The van der Waals surface area contributed by atoms with Crippen LogP contribution in [0.2, 0.25) is 0 Å². The Labute approximate surface area is 111 Å². The summed E-state index contributed by atoms with van der Waals surface area (Å²) in [5.74, 6) is 1.34. The Morgan fingerprint density at radius 2 is 1.74 bits per heavy atom. The summed E-state index contributed by atoms with van der Waals surface area (Å²) in [4.78, 5) is 11.5. The van der Waals surface area contributed by atoms with Gasteiger partial charge < -0.3 is 30.0 Å². The summed E-state index contributed by atoms with van der Waals surface area (Å²) in [7, 11) is 4.49. The molecule has 0 saturated heterocycles. The van der Waals surface area contributed by atoms with E-state index in [2.05, 4.69) is 10.6 Å². The van der Waals surface area contributed by atoms with Crippen LogP contribution in [0, 0.1) is 0 Å². The van der Waals surface area contributed by atoms with Crippen molar-refractivity contribution in [2.45, 2.75) is 0 Å². The number of methoxy groups -OCH3 is 3. The monoisotopic (exact) mass is 270 g/mol. The van der Waals surface area contributed by atoms with Gasteiger partial charge in [0.05, 0.1) is 33.6 Å². The minimum atomic E-state index is -0.427. The molecule has 0 spiro atoms. The molecule has 1 rings (SSSR count). The Morgan fingerprint density at radius 1 is 1.16 bits per heavy atom. The topological polar surface area (TPSA) is 89.1 Å². The predicted octanol–water partition coefficient (Wildman–Crippen LogP) is 0.826. The number of ether oxygens (including phenoxy) is 3. The fourth-order valence-electron chi connectivity index (χ4n) is 1.50. The van der Waals surface area contributed by atoms with Gasteiger partial charge in [-0.2, -0.15) is 0 Å². The summed E-state index contributed by atoms with van der Waals surface area (Å²) in [5.41, 5.74) is 0.491. The summed E-state index contributed by atoms with van der Waals surface area (Å²) in [6.45, 7) is 0.0545. The lowest BCUT2D eigenvalue weighted by molar-refractivity contribution is 0.245. The molecule has 0 saturated carbocycles. The molecule has 7 nitrogen and oxygen atoms in total. The summed E-state index contributed by atoms with van der Waals surface area (Å²) in [6, 6.07) is 2.79. The fraction of sp³-hybridized carbons (Fsp3) is 0.417. The smallest absolute Gasteiger partial charge is 0.319 e. The summed E-state index contributed by atoms with van der Waals surface area (Å²) < 4.78 is 15.5. The fourth-order valence-corrected chi connectivity index (χ4v) is 1.50.